The Labute approximate surface area is 132 Å². The molecule has 0 aliphatic carbocycles. The maximum atomic E-state index is 10.8. The summed E-state index contributed by atoms with van der Waals surface area (Å²) in [6.07, 6.45) is 2.14. The number of carboxylic acid groups (broad SMARTS) is 1. The Kier molecular flexibility index (Phi) is 5.52. The lowest BCUT2D eigenvalue weighted by atomic mass is 10.2. The van der Waals surface area contributed by atoms with Gasteiger partial charge in [-0.05, 0) is 30.9 Å². The van der Waals surface area contributed by atoms with Gasteiger partial charge in [-0.2, -0.15) is 0 Å². The first-order chi connectivity index (χ1) is 10.1. The third-order valence-electron chi connectivity index (χ3n) is 3.12. The number of hydrogen-bond acceptors (Lipinski definition) is 5. The van der Waals surface area contributed by atoms with Crippen molar-refractivity contribution < 1.29 is 9.90 Å². The van der Waals surface area contributed by atoms with Crippen molar-refractivity contribution >= 4 is 39.3 Å². The molecule has 21 heavy (non-hydrogen) atoms. The second-order valence-corrected chi connectivity index (χ2v) is 6.50. The molecule has 0 saturated carbocycles. The molecule has 0 fully saturated rings. The lowest BCUT2D eigenvalue weighted by molar-refractivity contribution is -0.136. The average Bonchev–Trinajstić information content (AvgIpc) is 3.13. The summed E-state index contributed by atoms with van der Waals surface area (Å²) in [5, 5.41) is 13.8. The third-order valence-corrected chi connectivity index (χ3v) is 4.88. The van der Waals surface area contributed by atoms with Gasteiger partial charge in [-0.1, -0.05) is 12.1 Å². The fraction of sp³-hybridized carbons (Fsp3) is 0.333. The molecule has 0 amide bonds. The van der Waals surface area contributed by atoms with Crippen LogP contribution in [0.5, 0.6) is 0 Å². The van der Waals surface area contributed by atoms with Gasteiger partial charge in [0.15, 0.2) is 5.13 Å². The van der Waals surface area contributed by atoms with E-state index in [1.807, 2.05) is 41.6 Å². The molecule has 2 heterocycles. The van der Waals surface area contributed by atoms with Gasteiger partial charge in [0.05, 0.1) is 18.7 Å². The summed E-state index contributed by atoms with van der Waals surface area (Å²) in [4.78, 5) is 18.7. The van der Waals surface area contributed by atoms with Crippen LogP contribution >= 0.6 is 22.7 Å². The summed E-state index contributed by atoms with van der Waals surface area (Å²) >= 11 is 3.23. The van der Waals surface area contributed by atoms with Crippen LogP contribution < -0.4 is 4.90 Å². The smallest absolute Gasteiger partial charge is 0.305 e. The summed E-state index contributed by atoms with van der Waals surface area (Å²) in [5.41, 5.74) is 2.09. The highest BCUT2D eigenvalue weighted by molar-refractivity contribution is 7.14. The maximum Gasteiger partial charge on any atom is 0.305 e. The van der Waals surface area contributed by atoms with Crippen LogP contribution in [0.2, 0.25) is 0 Å². The van der Waals surface area contributed by atoms with Gasteiger partial charge in [-0.15, -0.1) is 22.7 Å². The number of carbonyl (C=O) groups is 1. The summed E-state index contributed by atoms with van der Waals surface area (Å²) < 4.78 is 0. The number of carboxylic acids is 1. The monoisotopic (exact) mass is 322 g/mol. The standard InChI is InChI=1S/C15H18N2O2S2/c1-3-11(2)13-10-21-15(16-13)17(7-6-14(18)19)9-12-5-4-8-20-12/h3-5,8,10H,6-7,9H2,1-2H3,(H,18,19)/b11-3+. The number of rotatable bonds is 7. The molecule has 112 valence electrons. The van der Waals surface area contributed by atoms with Crippen molar-refractivity contribution in [3.8, 4) is 0 Å². The molecule has 0 radical (unpaired) electrons. The van der Waals surface area contributed by atoms with E-state index in [-0.39, 0.29) is 6.42 Å². The fourth-order valence-electron chi connectivity index (χ4n) is 1.80. The van der Waals surface area contributed by atoms with Crippen LogP contribution in [0, 0.1) is 0 Å². The maximum absolute atomic E-state index is 10.8. The lowest BCUT2D eigenvalue weighted by Crippen LogP contribution is -2.25. The Hall–Kier alpha value is -1.66. The number of nitrogens with zero attached hydrogens (tertiary/aromatic N) is 2. The molecule has 4 nitrogen and oxygen atoms in total. The second-order valence-electron chi connectivity index (χ2n) is 4.63. The number of anilines is 1. The summed E-state index contributed by atoms with van der Waals surface area (Å²) in [6, 6.07) is 4.07. The number of thiazole rings is 1. The lowest BCUT2D eigenvalue weighted by Gasteiger charge is -2.20. The Morgan fingerprint density at radius 3 is 2.90 bits per heavy atom. The van der Waals surface area contributed by atoms with Crippen LogP contribution in [0.15, 0.2) is 29.0 Å². The van der Waals surface area contributed by atoms with Crippen LogP contribution in [-0.4, -0.2) is 22.6 Å². The molecule has 0 bridgehead atoms. The average molecular weight is 322 g/mol. The van der Waals surface area contributed by atoms with Crippen molar-refractivity contribution in [2.75, 3.05) is 11.4 Å². The topological polar surface area (TPSA) is 53.4 Å². The van der Waals surface area contributed by atoms with E-state index in [0.717, 1.165) is 16.4 Å². The molecule has 2 aromatic heterocycles. The number of hydrogen-bond donors (Lipinski definition) is 1. The van der Waals surface area contributed by atoms with E-state index in [1.165, 1.54) is 4.88 Å². The van der Waals surface area contributed by atoms with Crippen molar-refractivity contribution in [2.45, 2.75) is 26.8 Å². The molecule has 0 atom stereocenters. The summed E-state index contributed by atoms with van der Waals surface area (Å²) in [5.74, 6) is -0.785. The SMILES string of the molecule is C/C=C(\C)c1csc(N(CCC(=O)O)Cc2cccs2)n1. The van der Waals surface area contributed by atoms with Crippen molar-refractivity contribution in [1.82, 2.24) is 4.98 Å². The first-order valence-corrected chi connectivity index (χ1v) is 8.44. The molecule has 0 aromatic carbocycles. The highest BCUT2D eigenvalue weighted by atomic mass is 32.1. The predicted molar refractivity (Wildman–Crippen MR) is 89.1 cm³/mol. The molecule has 0 spiro atoms. The van der Waals surface area contributed by atoms with E-state index in [0.29, 0.717) is 13.1 Å². The molecule has 0 unspecified atom stereocenters. The predicted octanol–water partition coefficient (Wildman–Crippen LogP) is 4.11. The normalized spacial score (nSPS) is 11.6. The second kappa shape index (κ2) is 7.38. The molecule has 2 aromatic rings. The van der Waals surface area contributed by atoms with Gasteiger partial charge in [0.1, 0.15) is 0 Å². The van der Waals surface area contributed by atoms with Gasteiger partial charge in [0, 0.05) is 16.8 Å². The Bertz CT molecular complexity index is 617. The number of thiophene rings is 1. The van der Waals surface area contributed by atoms with Crippen LogP contribution in [-0.2, 0) is 11.3 Å². The van der Waals surface area contributed by atoms with E-state index >= 15 is 0 Å². The first kappa shape index (κ1) is 15.7. The molecular weight excluding hydrogens is 304 g/mol. The van der Waals surface area contributed by atoms with Gasteiger partial charge < -0.3 is 10.0 Å². The van der Waals surface area contributed by atoms with E-state index in [1.54, 1.807) is 22.7 Å². The quantitative estimate of drug-likeness (QED) is 0.833. The number of allylic oxidation sites excluding steroid dienone is 2. The minimum Gasteiger partial charge on any atom is -0.481 e. The van der Waals surface area contributed by atoms with E-state index in [2.05, 4.69) is 11.1 Å². The minimum absolute atomic E-state index is 0.114. The van der Waals surface area contributed by atoms with Crippen molar-refractivity contribution in [3.63, 3.8) is 0 Å². The zero-order chi connectivity index (χ0) is 15.2. The molecule has 0 aliphatic rings. The van der Waals surface area contributed by atoms with Gasteiger partial charge in [0.25, 0.3) is 0 Å². The zero-order valence-electron chi connectivity index (χ0n) is 12.1. The zero-order valence-corrected chi connectivity index (χ0v) is 13.7. The highest BCUT2D eigenvalue weighted by Crippen LogP contribution is 2.27. The highest BCUT2D eigenvalue weighted by Gasteiger charge is 2.14. The molecule has 0 saturated heterocycles. The summed E-state index contributed by atoms with van der Waals surface area (Å²) in [7, 11) is 0. The molecule has 1 N–H and O–H groups in total. The third kappa shape index (κ3) is 4.41. The van der Waals surface area contributed by atoms with Gasteiger partial charge in [-0.25, -0.2) is 4.98 Å². The van der Waals surface area contributed by atoms with Crippen LogP contribution in [0.4, 0.5) is 5.13 Å². The van der Waals surface area contributed by atoms with E-state index < -0.39 is 5.97 Å². The van der Waals surface area contributed by atoms with Crippen LogP contribution in [0.1, 0.15) is 30.8 Å². The Balaban J connectivity index is 2.17. The van der Waals surface area contributed by atoms with Crippen molar-refractivity contribution in [1.29, 1.82) is 0 Å². The largest absolute Gasteiger partial charge is 0.481 e. The fourth-order valence-corrected chi connectivity index (χ4v) is 3.43. The molecular formula is C15H18N2O2S2. The van der Waals surface area contributed by atoms with Gasteiger partial charge >= 0.3 is 5.97 Å². The van der Waals surface area contributed by atoms with Crippen molar-refractivity contribution in [2.24, 2.45) is 0 Å². The Morgan fingerprint density at radius 2 is 2.29 bits per heavy atom. The Morgan fingerprint density at radius 1 is 1.48 bits per heavy atom. The minimum atomic E-state index is -0.785. The molecule has 6 heteroatoms. The van der Waals surface area contributed by atoms with E-state index in [4.69, 9.17) is 5.11 Å². The van der Waals surface area contributed by atoms with Crippen molar-refractivity contribution in [3.05, 3.63) is 39.5 Å². The van der Waals surface area contributed by atoms with Crippen LogP contribution in [0.3, 0.4) is 0 Å². The van der Waals surface area contributed by atoms with E-state index in [9.17, 15) is 4.79 Å². The number of aliphatic carboxylic acids is 1. The van der Waals surface area contributed by atoms with Crippen LogP contribution in [0.25, 0.3) is 5.57 Å². The molecule has 0 aliphatic heterocycles. The summed E-state index contributed by atoms with van der Waals surface area (Å²) in [6.45, 7) is 5.18. The van der Waals surface area contributed by atoms with Gasteiger partial charge in [0.2, 0.25) is 0 Å². The van der Waals surface area contributed by atoms with Gasteiger partial charge in [-0.3, -0.25) is 4.79 Å². The number of aromatic nitrogens is 1. The first-order valence-electron chi connectivity index (χ1n) is 6.68. The molecule has 2 rings (SSSR count).